The Morgan fingerprint density at radius 2 is 2.08 bits per heavy atom. The number of hydrogen-bond acceptors (Lipinski definition) is 3. The summed E-state index contributed by atoms with van der Waals surface area (Å²) in [6.45, 7) is 0. The van der Waals surface area contributed by atoms with Crippen LogP contribution in [0.15, 0.2) is 0 Å². The van der Waals surface area contributed by atoms with E-state index in [1.54, 1.807) is 0 Å². The van der Waals surface area contributed by atoms with Crippen LogP contribution < -0.4 is 5.73 Å². The van der Waals surface area contributed by atoms with E-state index in [-0.39, 0.29) is 17.4 Å². The SMILES string of the molecule is COC(=O)[C@@H]1CC2CCC1(N)CC2. The fourth-order valence-electron chi connectivity index (χ4n) is 2.84. The van der Waals surface area contributed by atoms with Gasteiger partial charge in [0.05, 0.1) is 13.0 Å². The van der Waals surface area contributed by atoms with Crippen molar-refractivity contribution in [2.75, 3.05) is 7.11 Å². The number of ether oxygens (including phenoxy) is 1. The lowest BCUT2D eigenvalue weighted by molar-refractivity contribution is -0.152. The fourth-order valence-corrected chi connectivity index (χ4v) is 2.84. The molecule has 0 spiro atoms. The molecule has 0 aromatic heterocycles. The Balaban J connectivity index is 2.16. The average molecular weight is 183 g/mol. The quantitative estimate of drug-likeness (QED) is 0.618. The highest BCUT2D eigenvalue weighted by atomic mass is 16.5. The number of methoxy groups -OCH3 is 1. The van der Waals surface area contributed by atoms with Crippen LogP contribution >= 0.6 is 0 Å². The molecule has 3 aliphatic rings. The Bertz CT molecular complexity index is 219. The van der Waals surface area contributed by atoms with E-state index in [9.17, 15) is 4.79 Å². The van der Waals surface area contributed by atoms with Gasteiger partial charge in [0.2, 0.25) is 0 Å². The van der Waals surface area contributed by atoms with Crippen LogP contribution in [0.4, 0.5) is 0 Å². The van der Waals surface area contributed by atoms with Gasteiger partial charge in [0, 0.05) is 5.54 Å². The van der Waals surface area contributed by atoms with Crippen molar-refractivity contribution in [1.82, 2.24) is 0 Å². The van der Waals surface area contributed by atoms with Crippen molar-refractivity contribution in [3.8, 4) is 0 Å². The molecule has 74 valence electrons. The zero-order valence-corrected chi connectivity index (χ0v) is 8.08. The lowest BCUT2D eigenvalue weighted by atomic mass is 9.60. The molecule has 2 N–H and O–H groups in total. The van der Waals surface area contributed by atoms with Crippen molar-refractivity contribution >= 4 is 5.97 Å². The molecule has 0 saturated heterocycles. The molecule has 3 nitrogen and oxygen atoms in total. The van der Waals surface area contributed by atoms with Gasteiger partial charge in [0.25, 0.3) is 0 Å². The van der Waals surface area contributed by atoms with Crippen molar-refractivity contribution < 1.29 is 9.53 Å². The van der Waals surface area contributed by atoms with E-state index in [1.165, 1.54) is 20.0 Å². The third-order valence-electron chi connectivity index (χ3n) is 3.78. The van der Waals surface area contributed by atoms with Crippen LogP contribution in [-0.4, -0.2) is 18.6 Å². The van der Waals surface area contributed by atoms with Gasteiger partial charge in [-0.05, 0) is 38.0 Å². The number of fused-ring (bicyclic) bond motifs is 3. The summed E-state index contributed by atoms with van der Waals surface area (Å²) in [5.74, 6) is 0.575. The van der Waals surface area contributed by atoms with Crippen LogP contribution in [0.1, 0.15) is 32.1 Å². The zero-order chi connectivity index (χ0) is 9.47. The summed E-state index contributed by atoms with van der Waals surface area (Å²) in [5, 5.41) is 0. The Morgan fingerprint density at radius 3 is 2.54 bits per heavy atom. The lowest BCUT2D eigenvalue weighted by Gasteiger charge is -2.48. The number of carbonyl (C=O) groups excluding carboxylic acids is 1. The molecule has 13 heavy (non-hydrogen) atoms. The van der Waals surface area contributed by atoms with Crippen molar-refractivity contribution in [1.29, 1.82) is 0 Å². The fraction of sp³-hybridized carbons (Fsp3) is 0.900. The van der Waals surface area contributed by atoms with E-state index in [4.69, 9.17) is 10.5 Å². The van der Waals surface area contributed by atoms with Gasteiger partial charge in [-0.15, -0.1) is 0 Å². The van der Waals surface area contributed by atoms with Crippen LogP contribution in [0.3, 0.4) is 0 Å². The summed E-state index contributed by atoms with van der Waals surface area (Å²) in [6, 6.07) is 0. The summed E-state index contributed by atoms with van der Waals surface area (Å²) in [6.07, 6.45) is 5.34. The minimum absolute atomic E-state index is 0.0370. The highest BCUT2D eigenvalue weighted by Crippen LogP contribution is 2.46. The highest BCUT2D eigenvalue weighted by molar-refractivity contribution is 5.74. The lowest BCUT2D eigenvalue weighted by Crippen LogP contribution is -2.57. The third-order valence-corrected chi connectivity index (χ3v) is 3.78. The Hall–Kier alpha value is -0.570. The summed E-state index contributed by atoms with van der Waals surface area (Å²) in [5.41, 5.74) is 5.97. The van der Waals surface area contributed by atoms with E-state index in [0.29, 0.717) is 0 Å². The molecule has 3 saturated carbocycles. The van der Waals surface area contributed by atoms with Crippen LogP contribution in [-0.2, 0) is 9.53 Å². The Morgan fingerprint density at radius 1 is 1.46 bits per heavy atom. The van der Waals surface area contributed by atoms with Crippen molar-refractivity contribution in [3.63, 3.8) is 0 Å². The monoisotopic (exact) mass is 183 g/mol. The molecular formula is C10H17NO2. The van der Waals surface area contributed by atoms with Crippen molar-refractivity contribution in [2.45, 2.75) is 37.6 Å². The van der Waals surface area contributed by atoms with Gasteiger partial charge in [0.15, 0.2) is 0 Å². The predicted octanol–water partition coefficient (Wildman–Crippen LogP) is 1.07. The highest BCUT2D eigenvalue weighted by Gasteiger charge is 2.48. The molecule has 0 aromatic carbocycles. The van der Waals surface area contributed by atoms with E-state index in [2.05, 4.69) is 0 Å². The van der Waals surface area contributed by atoms with E-state index < -0.39 is 0 Å². The summed E-state index contributed by atoms with van der Waals surface area (Å²) < 4.78 is 4.79. The van der Waals surface area contributed by atoms with Crippen LogP contribution in [0.25, 0.3) is 0 Å². The average Bonchev–Trinajstić information content (AvgIpc) is 2.17. The third kappa shape index (κ3) is 1.35. The molecule has 0 aliphatic heterocycles. The first kappa shape index (κ1) is 9.00. The largest absolute Gasteiger partial charge is 0.469 e. The molecule has 0 unspecified atom stereocenters. The normalized spacial score (nSPS) is 43.2. The van der Waals surface area contributed by atoms with Gasteiger partial charge < -0.3 is 10.5 Å². The number of rotatable bonds is 1. The Labute approximate surface area is 78.6 Å². The van der Waals surface area contributed by atoms with Gasteiger partial charge in [0.1, 0.15) is 0 Å². The standard InChI is InChI=1S/C10H17NO2/c1-13-9(12)8-6-7-2-4-10(8,11)5-3-7/h7-8H,2-6,11H2,1H3/t7?,8-,10?/m0/s1. The van der Waals surface area contributed by atoms with Gasteiger partial charge in [-0.1, -0.05) is 0 Å². The molecule has 0 amide bonds. The first-order valence-corrected chi connectivity index (χ1v) is 5.02. The van der Waals surface area contributed by atoms with Crippen molar-refractivity contribution in [3.05, 3.63) is 0 Å². The van der Waals surface area contributed by atoms with E-state index in [0.717, 1.165) is 25.2 Å². The van der Waals surface area contributed by atoms with Crippen LogP contribution in [0, 0.1) is 11.8 Å². The van der Waals surface area contributed by atoms with Gasteiger partial charge in [-0.3, -0.25) is 4.79 Å². The van der Waals surface area contributed by atoms with E-state index in [1.807, 2.05) is 0 Å². The van der Waals surface area contributed by atoms with Crippen LogP contribution in [0.2, 0.25) is 0 Å². The maximum Gasteiger partial charge on any atom is 0.310 e. The molecular weight excluding hydrogens is 166 g/mol. The molecule has 1 atom stereocenters. The van der Waals surface area contributed by atoms with Gasteiger partial charge >= 0.3 is 5.97 Å². The second-order valence-corrected chi connectivity index (χ2v) is 4.49. The summed E-state index contributed by atoms with van der Waals surface area (Å²) in [7, 11) is 1.45. The molecule has 0 heterocycles. The maximum atomic E-state index is 11.5. The number of esters is 1. The van der Waals surface area contributed by atoms with Crippen molar-refractivity contribution in [2.24, 2.45) is 17.6 Å². The zero-order valence-electron chi connectivity index (χ0n) is 8.08. The molecule has 0 aromatic rings. The van der Waals surface area contributed by atoms with E-state index >= 15 is 0 Å². The minimum atomic E-state index is -0.248. The second kappa shape index (κ2) is 2.98. The number of carbonyl (C=O) groups is 1. The molecule has 3 heteroatoms. The van der Waals surface area contributed by atoms with Gasteiger partial charge in [-0.25, -0.2) is 0 Å². The minimum Gasteiger partial charge on any atom is -0.469 e. The molecule has 3 rings (SSSR count). The molecule has 3 fully saturated rings. The summed E-state index contributed by atoms with van der Waals surface area (Å²) >= 11 is 0. The molecule has 3 aliphatic carbocycles. The number of hydrogen-bond donors (Lipinski definition) is 1. The topological polar surface area (TPSA) is 52.3 Å². The smallest absolute Gasteiger partial charge is 0.310 e. The molecule has 2 bridgehead atoms. The maximum absolute atomic E-state index is 11.5. The number of nitrogens with two attached hydrogens (primary N) is 1. The first-order chi connectivity index (χ1) is 6.15. The second-order valence-electron chi connectivity index (χ2n) is 4.49. The van der Waals surface area contributed by atoms with Crippen LogP contribution in [0.5, 0.6) is 0 Å². The van der Waals surface area contributed by atoms with Gasteiger partial charge in [-0.2, -0.15) is 0 Å². The molecule has 0 radical (unpaired) electrons. The Kier molecular flexibility index (Phi) is 2.06. The predicted molar refractivity (Wildman–Crippen MR) is 49.0 cm³/mol. The first-order valence-electron chi connectivity index (χ1n) is 5.02. The summed E-state index contributed by atoms with van der Waals surface area (Å²) in [4.78, 5) is 11.5.